The Hall–Kier alpha value is -2.09. The van der Waals surface area contributed by atoms with Crippen molar-refractivity contribution in [3.63, 3.8) is 0 Å². The molecule has 1 aliphatic rings. The van der Waals surface area contributed by atoms with Crippen LogP contribution in [0.3, 0.4) is 0 Å². The van der Waals surface area contributed by atoms with Gasteiger partial charge in [0.1, 0.15) is 0 Å². The van der Waals surface area contributed by atoms with Crippen molar-refractivity contribution in [2.45, 2.75) is 25.7 Å². The minimum Gasteiger partial charge on any atom is -0.356 e. The van der Waals surface area contributed by atoms with Gasteiger partial charge in [-0.3, -0.25) is 4.79 Å². The van der Waals surface area contributed by atoms with Gasteiger partial charge in [0.15, 0.2) is 0 Å². The smallest absolute Gasteiger partial charge is 0.223 e. The molecule has 2 aromatic carbocycles. The molecule has 0 heterocycles. The largest absolute Gasteiger partial charge is 0.356 e. The van der Waals surface area contributed by atoms with E-state index in [1.54, 1.807) is 0 Å². The summed E-state index contributed by atoms with van der Waals surface area (Å²) in [5.74, 6) is 1.39. The van der Waals surface area contributed by atoms with Crippen LogP contribution in [0.5, 0.6) is 0 Å². The van der Waals surface area contributed by atoms with Crippen LogP contribution < -0.4 is 5.32 Å². The second-order valence-electron chi connectivity index (χ2n) is 6.27. The van der Waals surface area contributed by atoms with Crippen LogP contribution in [0.1, 0.15) is 36.8 Å². The summed E-state index contributed by atoms with van der Waals surface area (Å²) in [6.07, 6.45) is 1.98. The quantitative estimate of drug-likeness (QED) is 0.857. The van der Waals surface area contributed by atoms with Crippen LogP contribution in [0.2, 0.25) is 0 Å². The van der Waals surface area contributed by atoms with Gasteiger partial charge in [0.05, 0.1) is 0 Å². The molecule has 0 unspecified atom stereocenters. The summed E-state index contributed by atoms with van der Waals surface area (Å²) >= 11 is 0. The third kappa shape index (κ3) is 3.56. The van der Waals surface area contributed by atoms with Crippen molar-refractivity contribution in [2.75, 3.05) is 6.54 Å². The summed E-state index contributed by atoms with van der Waals surface area (Å²) in [7, 11) is 0. The number of hydrogen-bond acceptors (Lipinski definition) is 1. The standard InChI is InChI=1S/C20H23NO/c1-15-14-19(15)20(22)21-13-12-18(16-8-4-2-5-9-16)17-10-6-3-7-11-17/h2-11,15,18-19H,12-14H2,1H3,(H,21,22)/t15-,19+/m1/s1. The fourth-order valence-electron chi connectivity index (χ4n) is 3.05. The number of carbonyl (C=O) groups excluding carboxylic acids is 1. The van der Waals surface area contributed by atoms with E-state index in [1.807, 2.05) is 12.1 Å². The average Bonchev–Trinajstić information content (AvgIpc) is 3.30. The number of carbonyl (C=O) groups is 1. The fourth-order valence-corrected chi connectivity index (χ4v) is 3.05. The summed E-state index contributed by atoms with van der Waals surface area (Å²) < 4.78 is 0. The first kappa shape index (κ1) is 14.8. The highest BCUT2D eigenvalue weighted by Gasteiger charge is 2.38. The van der Waals surface area contributed by atoms with Gasteiger partial charge in [-0.1, -0.05) is 67.6 Å². The minimum atomic E-state index is 0.229. The Morgan fingerprint density at radius 2 is 1.55 bits per heavy atom. The predicted octanol–water partition coefficient (Wildman–Crippen LogP) is 3.98. The summed E-state index contributed by atoms with van der Waals surface area (Å²) in [6, 6.07) is 21.1. The van der Waals surface area contributed by atoms with Crippen molar-refractivity contribution >= 4 is 5.91 Å². The Kier molecular flexibility index (Phi) is 4.57. The molecule has 1 saturated carbocycles. The lowest BCUT2D eigenvalue weighted by Gasteiger charge is -2.18. The van der Waals surface area contributed by atoms with Gasteiger partial charge in [-0.15, -0.1) is 0 Å². The predicted molar refractivity (Wildman–Crippen MR) is 89.6 cm³/mol. The van der Waals surface area contributed by atoms with E-state index >= 15 is 0 Å². The monoisotopic (exact) mass is 293 g/mol. The summed E-state index contributed by atoms with van der Waals surface area (Å²) in [5.41, 5.74) is 2.62. The Morgan fingerprint density at radius 3 is 2.00 bits per heavy atom. The highest BCUT2D eigenvalue weighted by molar-refractivity contribution is 5.81. The topological polar surface area (TPSA) is 29.1 Å². The molecule has 1 N–H and O–H groups in total. The highest BCUT2D eigenvalue weighted by atomic mass is 16.2. The molecule has 1 aliphatic carbocycles. The lowest BCUT2D eigenvalue weighted by atomic mass is 9.88. The second kappa shape index (κ2) is 6.78. The fraction of sp³-hybridized carbons (Fsp3) is 0.350. The number of nitrogens with one attached hydrogen (secondary N) is 1. The Balaban J connectivity index is 1.66. The van der Waals surface area contributed by atoms with Crippen LogP contribution in [0.4, 0.5) is 0 Å². The van der Waals surface area contributed by atoms with E-state index < -0.39 is 0 Å². The average molecular weight is 293 g/mol. The molecule has 2 nitrogen and oxygen atoms in total. The maximum Gasteiger partial charge on any atom is 0.223 e. The first-order valence-corrected chi connectivity index (χ1v) is 8.13. The first-order chi connectivity index (χ1) is 10.8. The first-order valence-electron chi connectivity index (χ1n) is 8.13. The van der Waals surface area contributed by atoms with Crippen molar-refractivity contribution in [3.05, 3.63) is 71.8 Å². The molecular weight excluding hydrogens is 270 g/mol. The number of amides is 1. The zero-order valence-electron chi connectivity index (χ0n) is 13.0. The van der Waals surface area contributed by atoms with Crippen LogP contribution in [-0.2, 0) is 4.79 Å². The molecule has 2 heteroatoms. The molecule has 3 rings (SSSR count). The molecule has 1 amide bonds. The van der Waals surface area contributed by atoms with Crippen LogP contribution in [0.25, 0.3) is 0 Å². The van der Waals surface area contributed by atoms with Gasteiger partial charge >= 0.3 is 0 Å². The van der Waals surface area contributed by atoms with Crippen molar-refractivity contribution in [3.8, 4) is 0 Å². The molecule has 0 radical (unpaired) electrons. The molecule has 0 aromatic heterocycles. The van der Waals surface area contributed by atoms with Crippen LogP contribution in [0, 0.1) is 11.8 Å². The summed E-state index contributed by atoms with van der Waals surface area (Å²) in [4.78, 5) is 12.0. The van der Waals surface area contributed by atoms with Crippen LogP contribution >= 0.6 is 0 Å². The van der Waals surface area contributed by atoms with E-state index in [2.05, 4.69) is 60.8 Å². The molecule has 0 bridgehead atoms. The van der Waals surface area contributed by atoms with Gasteiger partial charge in [0, 0.05) is 18.4 Å². The zero-order chi connectivity index (χ0) is 15.4. The van der Waals surface area contributed by atoms with Gasteiger partial charge in [0.2, 0.25) is 5.91 Å². The maximum atomic E-state index is 12.0. The van der Waals surface area contributed by atoms with Gasteiger partial charge in [-0.2, -0.15) is 0 Å². The van der Waals surface area contributed by atoms with Crippen molar-refractivity contribution < 1.29 is 4.79 Å². The molecule has 2 aromatic rings. The molecule has 1 fully saturated rings. The number of hydrogen-bond donors (Lipinski definition) is 1. The Morgan fingerprint density at radius 1 is 1.05 bits per heavy atom. The van der Waals surface area contributed by atoms with Crippen LogP contribution in [0.15, 0.2) is 60.7 Å². The third-order valence-electron chi connectivity index (χ3n) is 4.58. The lowest BCUT2D eigenvalue weighted by molar-refractivity contribution is -0.122. The van der Waals surface area contributed by atoms with Gasteiger partial charge in [0.25, 0.3) is 0 Å². The highest BCUT2D eigenvalue weighted by Crippen LogP contribution is 2.37. The molecule has 0 spiro atoms. The van der Waals surface area contributed by atoms with E-state index in [9.17, 15) is 4.79 Å². The van der Waals surface area contributed by atoms with Gasteiger partial charge in [-0.05, 0) is 29.9 Å². The van der Waals surface area contributed by atoms with E-state index in [1.165, 1.54) is 11.1 Å². The zero-order valence-corrected chi connectivity index (χ0v) is 13.0. The summed E-state index contributed by atoms with van der Waals surface area (Å²) in [5, 5.41) is 3.11. The van der Waals surface area contributed by atoms with Crippen molar-refractivity contribution in [2.24, 2.45) is 11.8 Å². The molecule has 22 heavy (non-hydrogen) atoms. The van der Waals surface area contributed by atoms with Crippen LogP contribution in [-0.4, -0.2) is 12.5 Å². The lowest BCUT2D eigenvalue weighted by Crippen LogP contribution is -2.27. The van der Waals surface area contributed by atoms with E-state index in [0.29, 0.717) is 11.8 Å². The minimum absolute atomic E-state index is 0.229. The van der Waals surface area contributed by atoms with Gasteiger partial charge < -0.3 is 5.32 Å². The maximum absolute atomic E-state index is 12.0. The Labute approximate surface area is 132 Å². The van der Waals surface area contributed by atoms with E-state index in [0.717, 1.165) is 19.4 Å². The van der Waals surface area contributed by atoms with Crippen molar-refractivity contribution in [1.82, 2.24) is 5.32 Å². The molecular formula is C20H23NO. The molecule has 2 atom stereocenters. The van der Waals surface area contributed by atoms with Crippen molar-refractivity contribution in [1.29, 1.82) is 0 Å². The summed E-state index contributed by atoms with van der Waals surface area (Å²) in [6.45, 7) is 2.87. The third-order valence-corrected chi connectivity index (χ3v) is 4.58. The SMILES string of the molecule is C[C@@H]1C[C@@H]1C(=O)NCCC(c1ccccc1)c1ccccc1. The second-order valence-corrected chi connectivity index (χ2v) is 6.27. The van der Waals surface area contributed by atoms with E-state index in [-0.39, 0.29) is 11.8 Å². The molecule has 114 valence electrons. The molecule has 0 saturated heterocycles. The number of benzene rings is 2. The number of rotatable bonds is 6. The Bertz CT molecular complexity index is 569. The van der Waals surface area contributed by atoms with E-state index in [4.69, 9.17) is 0 Å². The molecule has 0 aliphatic heterocycles. The normalized spacial score (nSPS) is 19.9. The van der Waals surface area contributed by atoms with Gasteiger partial charge in [-0.25, -0.2) is 0 Å².